The molecule has 2 amide bonds. The van der Waals surface area contributed by atoms with Crippen LogP contribution in [0.25, 0.3) is 0 Å². The van der Waals surface area contributed by atoms with Gasteiger partial charge in [-0.15, -0.1) is 0 Å². The SMILES string of the molecule is O=C1CC[C@@H](C(=O)Nc2cc(F)c(F)cc2C(=O)O)N1. The van der Waals surface area contributed by atoms with E-state index in [4.69, 9.17) is 5.11 Å². The summed E-state index contributed by atoms with van der Waals surface area (Å²) in [6.07, 6.45) is 0.443. The number of benzene rings is 1. The zero-order valence-electron chi connectivity index (χ0n) is 10.1. The number of aromatic carboxylic acids is 1. The standard InChI is InChI=1S/C12H10F2N2O4/c13-6-3-5(12(19)20)9(4-7(6)14)16-11(18)8-1-2-10(17)15-8/h3-4,8H,1-2H2,(H,15,17)(H,16,18)(H,19,20)/t8-/m0/s1. The molecule has 1 atom stereocenters. The number of halogens is 2. The van der Waals surface area contributed by atoms with E-state index in [2.05, 4.69) is 10.6 Å². The molecule has 2 rings (SSSR count). The second-order valence-electron chi connectivity index (χ2n) is 4.27. The Hall–Kier alpha value is -2.51. The lowest BCUT2D eigenvalue weighted by atomic mass is 10.1. The van der Waals surface area contributed by atoms with Crippen LogP contribution < -0.4 is 10.6 Å². The molecule has 1 heterocycles. The van der Waals surface area contributed by atoms with Gasteiger partial charge in [-0.3, -0.25) is 9.59 Å². The lowest BCUT2D eigenvalue weighted by molar-refractivity contribution is -0.122. The Labute approximate surface area is 111 Å². The van der Waals surface area contributed by atoms with Gasteiger partial charge in [0.25, 0.3) is 0 Å². The summed E-state index contributed by atoms with van der Waals surface area (Å²) in [5.74, 6) is -5.08. The van der Waals surface area contributed by atoms with Crippen LogP contribution in [0.4, 0.5) is 14.5 Å². The fraction of sp³-hybridized carbons (Fsp3) is 0.250. The number of carboxylic acid groups (broad SMARTS) is 1. The zero-order chi connectivity index (χ0) is 14.9. The van der Waals surface area contributed by atoms with Crippen molar-refractivity contribution in [1.29, 1.82) is 0 Å². The van der Waals surface area contributed by atoms with Crippen molar-refractivity contribution in [2.75, 3.05) is 5.32 Å². The molecule has 1 fully saturated rings. The summed E-state index contributed by atoms with van der Waals surface area (Å²) in [5, 5.41) is 13.5. The van der Waals surface area contributed by atoms with Gasteiger partial charge < -0.3 is 15.7 Å². The molecule has 106 valence electrons. The maximum Gasteiger partial charge on any atom is 0.337 e. The molecule has 0 spiro atoms. The first-order chi connectivity index (χ1) is 9.38. The molecule has 1 aromatic carbocycles. The van der Waals surface area contributed by atoms with Gasteiger partial charge in [0.15, 0.2) is 11.6 Å². The second-order valence-corrected chi connectivity index (χ2v) is 4.27. The number of nitrogens with one attached hydrogen (secondary N) is 2. The summed E-state index contributed by atoms with van der Waals surface area (Å²) in [7, 11) is 0. The monoisotopic (exact) mass is 284 g/mol. The summed E-state index contributed by atoms with van der Waals surface area (Å²) in [6.45, 7) is 0. The van der Waals surface area contributed by atoms with E-state index in [1.165, 1.54) is 0 Å². The van der Waals surface area contributed by atoms with Gasteiger partial charge in [-0.1, -0.05) is 0 Å². The molecule has 0 radical (unpaired) electrons. The summed E-state index contributed by atoms with van der Waals surface area (Å²) in [6, 6.07) is 0.269. The highest BCUT2D eigenvalue weighted by molar-refractivity contribution is 6.03. The van der Waals surface area contributed by atoms with E-state index in [0.29, 0.717) is 12.1 Å². The van der Waals surface area contributed by atoms with Crippen molar-refractivity contribution in [1.82, 2.24) is 5.32 Å². The number of rotatable bonds is 3. The van der Waals surface area contributed by atoms with E-state index in [1.54, 1.807) is 0 Å². The fourth-order valence-corrected chi connectivity index (χ4v) is 1.86. The summed E-state index contributed by atoms with van der Waals surface area (Å²) in [4.78, 5) is 33.7. The number of amides is 2. The van der Waals surface area contributed by atoms with Crippen molar-refractivity contribution in [3.63, 3.8) is 0 Å². The van der Waals surface area contributed by atoms with E-state index in [9.17, 15) is 23.2 Å². The van der Waals surface area contributed by atoms with Crippen LogP contribution in [0.15, 0.2) is 12.1 Å². The first kappa shape index (κ1) is 13.9. The predicted octanol–water partition coefficient (Wildman–Crippen LogP) is 0.880. The second kappa shape index (κ2) is 5.24. The van der Waals surface area contributed by atoms with Gasteiger partial charge in [-0.25, -0.2) is 13.6 Å². The highest BCUT2D eigenvalue weighted by atomic mass is 19.2. The Balaban J connectivity index is 2.24. The van der Waals surface area contributed by atoms with Crippen molar-refractivity contribution in [3.05, 3.63) is 29.3 Å². The molecule has 0 aliphatic carbocycles. The van der Waals surface area contributed by atoms with Crippen LogP contribution in [-0.2, 0) is 9.59 Å². The Morgan fingerprint density at radius 3 is 2.50 bits per heavy atom. The van der Waals surface area contributed by atoms with Crippen LogP contribution in [0, 0.1) is 11.6 Å². The molecule has 1 saturated heterocycles. The maximum absolute atomic E-state index is 13.1. The van der Waals surface area contributed by atoms with Gasteiger partial charge in [0.2, 0.25) is 11.8 Å². The largest absolute Gasteiger partial charge is 0.478 e. The minimum Gasteiger partial charge on any atom is -0.478 e. The highest BCUT2D eigenvalue weighted by Gasteiger charge is 2.28. The number of hydrogen-bond donors (Lipinski definition) is 3. The molecule has 0 saturated carbocycles. The molecule has 8 heteroatoms. The Morgan fingerprint density at radius 2 is 1.95 bits per heavy atom. The van der Waals surface area contributed by atoms with E-state index < -0.39 is 35.1 Å². The summed E-state index contributed by atoms with van der Waals surface area (Å²) in [5.41, 5.74) is -0.927. The van der Waals surface area contributed by atoms with Crippen LogP contribution >= 0.6 is 0 Å². The third-order valence-electron chi connectivity index (χ3n) is 2.86. The topological polar surface area (TPSA) is 95.5 Å². The normalized spacial score (nSPS) is 17.7. The average molecular weight is 284 g/mol. The molecule has 0 bridgehead atoms. The van der Waals surface area contributed by atoms with E-state index >= 15 is 0 Å². The molecule has 1 aliphatic heterocycles. The van der Waals surface area contributed by atoms with Gasteiger partial charge in [0.05, 0.1) is 11.3 Å². The van der Waals surface area contributed by atoms with Gasteiger partial charge in [-0.05, 0) is 12.5 Å². The van der Waals surface area contributed by atoms with E-state index in [-0.39, 0.29) is 24.4 Å². The Morgan fingerprint density at radius 1 is 1.30 bits per heavy atom. The van der Waals surface area contributed by atoms with E-state index in [0.717, 1.165) is 0 Å². The minimum atomic E-state index is -1.50. The van der Waals surface area contributed by atoms with Crippen LogP contribution in [0.2, 0.25) is 0 Å². The Bertz CT molecular complexity index is 603. The smallest absolute Gasteiger partial charge is 0.337 e. The third kappa shape index (κ3) is 2.73. The van der Waals surface area contributed by atoms with Crippen molar-refractivity contribution in [3.8, 4) is 0 Å². The van der Waals surface area contributed by atoms with Crippen molar-refractivity contribution in [2.24, 2.45) is 0 Å². The quantitative estimate of drug-likeness (QED) is 0.767. The number of carbonyl (C=O) groups is 3. The summed E-state index contributed by atoms with van der Waals surface area (Å²) >= 11 is 0. The Kier molecular flexibility index (Phi) is 3.64. The fourth-order valence-electron chi connectivity index (χ4n) is 1.86. The molecule has 3 N–H and O–H groups in total. The lowest BCUT2D eigenvalue weighted by Gasteiger charge is -2.13. The van der Waals surface area contributed by atoms with Gasteiger partial charge in [-0.2, -0.15) is 0 Å². The van der Waals surface area contributed by atoms with E-state index in [1.807, 2.05) is 0 Å². The van der Waals surface area contributed by atoms with Crippen LogP contribution in [0.1, 0.15) is 23.2 Å². The number of hydrogen-bond acceptors (Lipinski definition) is 3. The molecule has 0 aromatic heterocycles. The molecular weight excluding hydrogens is 274 g/mol. The van der Waals surface area contributed by atoms with Crippen LogP contribution in [0.5, 0.6) is 0 Å². The molecule has 20 heavy (non-hydrogen) atoms. The van der Waals surface area contributed by atoms with Gasteiger partial charge in [0, 0.05) is 12.5 Å². The maximum atomic E-state index is 13.1. The molecule has 1 aliphatic rings. The van der Waals surface area contributed by atoms with Crippen molar-refractivity contribution >= 4 is 23.5 Å². The molecule has 0 unspecified atom stereocenters. The summed E-state index contributed by atoms with van der Waals surface area (Å²) < 4.78 is 26.1. The minimum absolute atomic E-state index is 0.182. The average Bonchev–Trinajstić information content (AvgIpc) is 2.80. The first-order valence-corrected chi connectivity index (χ1v) is 5.71. The molecular formula is C12H10F2N2O4. The van der Waals surface area contributed by atoms with Crippen LogP contribution in [-0.4, -0.2) is 28.9 Å². The van der Waals surface area contributed by atoms with Crippen LogP contribution in [0.3, 0.4) is 0 Å². The number of carboxylic acids is 1. The first-order valence-electron chi connectivity index (χ1n) is 5.71. The van der Waals surface area contributed by atoms with Crippen molar-refractivity contribution < 1.29 is 28.3 Å². The lowest BCUT2D eigenvalue weighted by Crippen LogP contribution is -2.37. The highest BCUT2D eigenvalue weighted by Crippen LogP contribution is 2.21. The predicted molar refractivity (Wildman–Crippen MR) is 63.1 cm³/mol. The molecule has 6 nitrogen and oxygen atoms in total. The van der Waals surface area contributed by atoms with Crippen molar-refractivity contribution in [2.45, 2.75) is 18.9 Å². The molecule has 1 aromatic rings. The third-order valence-corrected chi connectivity index (χ3v) is 2.86. The van der Waals surface area contributed by atoms with Gasteiger partial charge in [0.1, 0.15) is 6.04 Å². The zero-order valence-corrected chi connectivity index (χ0v) is 10.1. The number of carbonyl (C=O) groups excluding carboxylic acids is 2. The number of anilines is 1. The van der Waals surface area contributed by atoms with Gasteiger partial charge >= 0.3 is 5.97 Å².